The predicted molar refractivity (Wildman–Crippen MR) is 60.7 cm³/mol. The second-order valence-corrected chi connectivity index (χ2v) is 3.78. The van der Waals surface area contributed by atoms with Gasteiger partial charge in [-0.25, -0.2) is 4.79 Å². The lowest BCUT2D eigenvalue weighted by Gasteiger charge is -2.25. The van der Waals surface area contributed by atoms with Crippen LogP contribution < -0.4 is 10.1 Å². The Morgan fingerprint density at radius 3 is 2.94 bits per heavy atom. The van der Waals surface area contributed by atoms with Crippen LogP contribution in [0.3, 0.4) is 0 Å². The van der Waals surface area contributed by atoms with E-state index in [0.29, 0.717) is 0 Å². The van der Waals surface area contributed by atoms with E-state index < -0.39 is 0 Å². The Hall–Kier alpha value is -1.71. The van der Waals surface area contributed by atoms with Crippen molar-refractivity contribution in [2.45, 2.75) is 18.9 Å². The first kappa shape index (κ1) is 10.8. The first-order valence-corrected chi connectivity index (χ1v) is 5.26. The van der Waals surface area contributed by atoms with Crippen molar-refractivity contribution in [2.24, 2.45) is 0 Å². The number of ether oxygens (including phenoxy) is 2. The van der Waals surface area contributed by atoms with Crippen LogP contribution in [-0.4, -0.2) is 26.2 Å². The largest absolute Gasteiger partial charge is 0.497 e. The van der Waals surface area contributed by atoms with Gasteiger partial charge in [-0.3, -0.25) is 0 Å². The first-order chi connectivity index (χ1) is 7.74. The summed E-state index contributed by atoms with van der Waals surface area (Å²) in [5.41, 5.74) is 2.17. The molecule has 1 unspecified atom stereocenters. The van der Waals surface area contributed by atoms with Crippen molar-refractivity contribution in [3.8, 4) is 5.75 Å². The van der Waals surface area contributed by atoms with Gasteiger partial charge >= 0.3 is 5.97 Å². The maximum Gasteiger partial charge on any atom is 0.328 e. The van der Waals surface area contributed by atoms with Gasteiger partial charge in [-0.1, -0.05) is 6.07 Å². The van der Waals surface area contributed by atoms with E-state index in [2.05, 4.69) is 5.32 Å². The second kappa shape index (κ2) is 4.43. The minimum atomic E-state index is -0.246. The molecule has 1 heterocycles. The fourth-order valence-electron chi connectivity index (χ4n) is 1.91. The number of methoxy groups -OCH3 is 2. The van der Waals surface area contributed by atoms with Crippen LogP contribution in [0.4, 0.5) is 5.69 Å². The molecule has 0 saturated heterocycles. The lowest BCUT2D eigenvalue weighted by molar-refractivity contribution is -0.141. The molecular weight excluding hydrogens is 206 g/mol. The average molecular weight is 221 g/mol. The van der Waals surface area contributed by atoms with E-state index in [-0.39, 0.29) is 12.0 Å². The molecule has 16 heavy (non-hydrogen) atoms. The Morgan fingerprint density at radius 1 is 1.44 bits per heavy atom. The van der Waals surface area contributed by atoms with Crippen LogP contribution in [0.25, 0.3) is 0 Å². The summed E-state index contributed by atoms with van der Waals surface area (Å²) in [6.07, 6.45) is 1.65. The van der Waals surface area contributed by atoms with Gasteiger partial charge in [-0.15, -0.1) is 0 Å². The quantitative estimate of drug-likeness (QED) is 0.770. The third kappa shape index (κ3) is 1.96. The van der Waals surface area contributed by atoms with Crippen LogP contribution in [0.1, 0.15) is 12.0 Å². The number of carbonyl (C=O) groups excluding carboxylic acids is 1. The monoisotopic (exact) mass is 221 g/mol. The van der Waals surface area contributed by atoms with Crippen molar-refractivity contribution >= 4 is 11.7 Å². The molecule has 1 aliphatic heterocycles. The molecule has 0 amide bonds. The summed E-state index contributed by atoms with van der Waals surface area (Å²) >= 11 is 0. The lowest BCUT2D eigenvalue weighted by Crippen LogP contribution is -2.34. The Balaban J connectivity index is 2.21. The molecule has 0 aliphatic carbocycles. The van der Waals surface area contributed by atoms with Gasteiger partial charge in [0.2, 0.25) is 0 Å². The highest BCUT2D eigenvalue weighted by Crippen LogP contribution is 2.28. The molecule has 1 N–H and O–H groups in total. The summed E-state index contributed by atoms with van der Waals surface area (Å²) in [4.78, 5) is 11.4. The van der Waals surface area contributed by atoms with Crippen molar-refractivity contribution in [2.75, 3.05) is 19.5 Å². The van der Waals surface area contributed by atoms with Crippen molar-refractivity contribution in [1.82, 2.24) is 0 Å². The number of esters is 1. The summed E-state index contributed by atoms with van der Waals surface area (Å²) in [6.45, 7) is 0. The van der Waals surface area contributed by atoms with Crippen molar-refractivity contribution < 1.29 is 14.3 Å². The summed E-state index contributed by atoms with van der Waals surface area (Å²) in [5, 5.41) is 3.17. The van der Waals surface area contributed by atoms with Gasteiger partial charge in [0.1, 0.15) is 11.8 Å². The molecule has 0 aromatic heterocycles. The number of carbonyl (C=O) groups is 1. The van der Waals surface area contributed by atoms with Crippen LogP contribution in [0.15, 0.2) is 18.2 Å². The first-order valence-electron chi connectivity index (χ1n) is 5.26. The average Bonchev–Trinajstić information content (AvgIpc) is 2.36. The van der Waals surface area contributed by atoms with Crippen LogP contribution in [0.5, 0.6) is 5.75 Å². The molecular formula is C12H15NO3. The zero-order chi connectivity index (χ0) is 11.5. The topological polar surface area (TPSA) is 47.6 Å². The maximum absolute atomic E-state index is 11.4. The van der Waals surface area contributed by atoms with Crippen molar-refractivity contribution in [1.29, 1.82) is 0 Å². The molecule has 1 aromatic carbocycles. The predicted octanol–water partition coefficient (Wildman–Crippen LogP) is 1.59. The Bertz CT molecular complexity index is 403. The SMILES string of the molecule is COC(=O)C1CCc2ccc(OC)cc2N1. The fourth-order valence-corrected chi connectivity index (χ4v) is 1.91. The number of anilines is 1. The van der Waals surface area contributed by atoms with Gasteiger partial charge in [0.05, 0.1) is 14.2 Å². The zero-order valence-electron chi connectivity index (χ0n) is 9.45. The van der Waals surface area contributed by atoms with Gasteiger partial charge < -0.3 is 14.8 Å². The Morgan fingerprint density at radius 2 is 2.25 bits per heavy atom. The highest BCUT2D eigenvalue weighted by atomic mass is 16.5. The van der Waals surface area contributed by atoms with E-state index in [1.54, 1.807) is 7.11 Å². The van der Waals surface area contributed by atoms with E-state index in [0.717, 1.165) is 24.3 Å². The summed E-state index contributed by atoms with van der Waals surface area (Å²) in [5.74, 6) is 0.574. The normalized spacial score (nSPS) is 18.2. The number of nitrogens with one attached hydrogen (secondary N) is 1. The summed E-state index contributed by atoms with van der Waals surface area (Å²) in [6, 6.07) is 5.61. The molecule has 0 spiro atoms. The smallest absolute Gasteiger partial charge is 0.328 e. The van der Waals surface area contributed by atoms with Gasteiger partial charge in [0.15, 0.2) is 0 Å². The number of benzene rings is 1. The van der Waals surface area contributed by atoms with Gasteiger partial charge in [0.25, 0.3) is 0 Å². The molecule has 4 heteroatoms. The van der Waals surface area contributed by atoms with Crippen molar-refractivity contribution in [3.05, 3.63) is 23.8 Å². The van der Waals surface area contributed by atoms with Gasteiger partial charge in [-0.05, 0) is 24.5 Å². The molecule has 1 aromatic rings. The highest BCUT2D eigenvalue weighted by molar-refractivity contribution is 5.80. The standard InChI is InChI=1S/C12H15NO3/c1-15-9-5-3-8-4-6-10(12(14)16-2)13-11(8)7-9/h3,5,7,10,13H,4,6H2,1-2H3. The number of rotatable bonds is 2. The molecule has 2 rings (SSSR count). The molecule has 1 atom stereocenters. The Labute approximate surface area is 94.6 Å². The fraction of sp³-hybridized carbons (Fsp3) is 0.417. The Kier molecular flexibility index (Phi) is 2.99. The van der Waals surface area contributed by atoms with Gasteiger partial charge in [0, 0.05) is 11.8 Å². The molecule has 0 fully saturated rings. The van der Waals surface area contributed by atoms with E-state index in [1.807, 2.05) is 18.2 Å². The molecule has 0 bridgehead atoms. The zero-order valence-corrected chi connectivity index (χ0v) is 9.45. The van der Waals surface area contributed by atoms with Crippen LogP contribution in [0, 0.1) is 0 Å². The van der Waals surface area contributed by atoms with E-state index in [1.165, 1.54) is 12.7 Å². The van der Waals surface area contributed by atoms with E-state index >= 15 is 0 Å². The molecule has 4 nitrogen and oxygen atoms in total. The van der Waals surface area contributed by atoms with E-state index in [4.69, 9.17) is 9.47 Å². The van der Waals surface area contributed by atoms with E-state index in [9.17, 15) is 4.79 Å². The highest BCUT2D eigenvalue weighted by Gasteiger charge is 2.24. The van der Waals surface area contributed by atoms with Crippen molar-refractivity contribution in [3.63, 3.8) is 0 Å². The second-order valence-electron chi connectivity index (χ2n) is 3.78. The van der Waals surface area contributed by atoms with Crippen LogP contribution >= 0.6 is 0 Å². The summed E-state index contributed by atoms with van der Waals surface area (Å²) < 4.78 is 9.87. The number of fused-ring (bicyclic) bond motifs is 1. The van der Waals surface area contributed by atoms with Crippen LogP contribution in [-0.2, 0) is 16.0 Å². The minimum Gasteiger partial charge on any atom is -0.497 e. The minimum absolute atomic E-state index is 0.214. The third-order valence-electron chi connectivity index (χ3n) is 2.83. The molecule has 0 saturated carbocycles. The molecule has 0 radical (unpaired) electrons. The van der Waals surface area contributed by atoms with Crippen LogP contribution in [0.2, 0.25) is 0 Å². The molecule has 1 aliphatic rings. The maximum atomic E-state index is 11.4. The number of hydrogen-bond acceptors (Lipinski definition) is 4. The van der Waals surface area contributed by atoms with Gasteiger partial charge in [-0.2, -0.15) is 0 Å². The lowest BCUT2D eigenvalue weighted by atomic mass is 9.98. The molecule has 86 valence electrons. The number of aryl methyl sites for hydroxylation is 1. The number of hydrogen-bond donors (Lipinski definition) is 1. The summed E-state index contributed by atoms with van der Waals surface area (Å²) in [7, 11) is 3.04. The third-order valence-corrected chi connectivity index (χ3v) is 2.83.